The van der Waals surface area contributed by atoms with E-state index in [4.69, 9.17) is 20.0 Å². The van der Waals surface area contributed by atoms with Crippen molar-refractivity contribution >= 4 is 11.9 Å². The third-order valence-corrected chi connectivity index (χ3v) is 3.97. The number of unbranched alkanes of at least 4 members (excludes halogenated alkanes) is 3. The average molecular weight is 376 g/mol. The van der Waals surface area contributed by atoms with Crippen LogP contribution in [0.2, 0.25) is 0 Å². The summed E-state index contributed by atoms with van der Waals surface area (Å²) in [4.78, 5) is 23.7. The van der Waals surface area contributed by atoms with Crippen LogP contribution in [0.5, 0.6) is 11.5 Å². The highest BCUT2D eigenvalue weighted by atomic mass is 16.5. The van der Waals surface area contributed by atoms with E-state index in [1.807, 2.05) is 12.1 Å². The summed E-state index contributed by atoms with van der Waals surface area (Å²) in [6.45, 7) is 0. The Bertz CT molecular complexity index is 834. The topological polar surface area (TPSA) is 100 Å². The van der Waals surface area contributed by atoms with Gasteiger partial charge in [0, 0.05) is 12.8 Å². The fraction of sp³-hybridized carbons (Fsp3) is 0.273. The van der Waals surface area contributed by atoms with Crippen molar-refractivity contribution < 1.29 is 19.1 Å². The number of esters is 2. The van der Waals surface area contributed by atoms with Gasteiger partial charge in [0.15, 0.2) is 0 Å². The summed E-state index contributed by atoms with van der Waals surface area (Å²) < 4.78 is 10.4. The maximum absolute atomic E-state index is 11.9. The number of ether oxygens (including phenoxy) is 2. The van der Waals surface area contributed by atoms with Crippen LogP contribution in [0.3, 0.4) is 0 Å². The zero-order valence-electron chi connectivity index (χ0n) is 15.4. The van der Waals surface area contributed by atoms with Gasteiger partial charge in [0.2, 0.25) is 0 Å². The Labute approximate surface area is 163 Å². The number of nitrogens with zero attached hydrogens (tertiary/aromatic N) is 2. The smallest absolute Gasteiger partial charge is 0.311 e. The Kier molecular flexibility index (Phi) is 8.23. The molecule has 0 heterocycles. The molecule has 28 heavy (non-hydrogen) atoms. The number of carbonyl (C=O) groups excluding carboxylic acids is 2. The maximum Gasteiger partial charge on any atom is 0.311 e. The van der Waals surface area contributed by atoms with Gasteiger partial charge < -0.3 is 9.47 Å². The molecule has 0 saturated carbocycles. The second-order valence-corrected chi connectivity index (χ2v) is 6.08. The van der Waals surface area contributed by atoms with E-state index >= 15 is 0 Å². The molecule has 2 aromatic rings. The van der Waals surface area contributed by atoms with Crippen molar-refractivity contribution in [3.8, 4) is 23.6 Å². The van der Waals surface area contributed by atoms with Crippen LogP contribution >= 0.6 is 0 Å². The highest BCUT2D eigenvalue weighted by molar-refractivity contribution is 5.73. The van der Waals surface area contributed by atoms with Gasteiger partial charge in [-0.05, 0) is 37.1 Å². The van der Waals surface area contributed by atoms with E-state index in [9.17, 15) is 9.59 Å². The van der Waals surface area contributed by atoms with Crippen LogP contribution in [-0.2, 0) is 9.59 Å². The lowest BCUT2D eigenvalue weighted by Gasteiger charge is -2.06. The molecule has 142 valence electrons. The van der Waals surface area contributed by atoms with E-state index in [1.54, 1.807) is 48.5 Å². The predicted molar refractivity (Wildman–Crippen MR) is 101 cm³/mol. The van der Waals surface area contributed by atoms with Crippen molar-refractivity contribution in [3.05, 3.63) is 59.7 Å². The first-order chi connectivity index (χ1) is 13.6. The minimum absolute atomic E-state index is 0.250. The van der Waals surface area contributed by atoms with Crippen LogP contribution < -0.4 is 9.47 Å². The van der Waals surface area contributed by atoms with Crippen LogP contribution in [-0.4, -0.2) is 11.9 Å². The van der Waals surface area contributed by atoms with Crippen LogP contribution in [0.15, 0.2) is 48.5 Å². The molecule has 0 aliphatic rings. The van der Waals surface area contributed by atoms with E-state index in [0.29, 0.717) is 24.0 Å². The number of nitriles is 2. The number of carbonyl (C=O) groups is 2. The van der Waals surface area contributed by atoms with Crippen molar-refractivity contribution in [1.82, 2.24) is 0 Å². The number of benzene rings is 2. The number of hydrogen-bond acceptors (Lipinski definition) is 6. The molecule has 0 aliphatic carbocycles. The normalized spacial score (nSPS) is 9.79. The molecular weight excluding hydrogens is 356 g/mol. The van der Waals surface area contributed by atoms with Gasteiger partial charge in [-0.3, -0.25) is 9.59 Å². The third kappa shape index (κ3) is 6.59. The van der Waals surface area contributed by atoms with Crippen molar-refractivity contribution in [3.63, 3.8) is 0 Å². The fourth-order valence-electron chi connectivity index (χ4n) is 2.54. The summed E-state index contributed by atoms with van der Waals surface area (Å²) in [5.41, 5.74) is 0.652. The molecule has 0 bridgehead atoms. The summed E-state index contributed by atoms with van der Waals surface area (Å²) in [7, 11) is 0. The van der Waals surface area contributed by atoms with E-state index < -0.39 is 0 Å². The zero-order chi connectivity index (χ0) is 20.2. The van der Waals surface area contributed by atoms with Gasteiger partial charge >= 0.3 is 11.9 Å². The molecule has 2 aromatic carbocycles. The molecule has 0 N–H and O–H groups in total. The minimum atomic E-state index is -0.379. The summed E-state index contributed by atoms with van der Waals surface area (Å²) in [5, 5.41) is 18.0. The molecule has 6 nitrogen and oxygen atoms in total. The summed E-state index contributed by atoms with van der Waals surface area (Å²) in [5.74, 6) is -0.212. The molecule has 0 atom stereocenters. The van der Waals surface area contributed by atoms with Crippen LogP contribution in [0.25, 0.3) is 0 Å². The first kappa shape index (κ1) is 20.7. The lowest BCUT2D eigenvalue weighted by atomic mass is 10.1. The van der Waals surface area contributed by atoms with Crippen LogP contribution in [0, 0.1) is 22.7 Å². The molecule has 0 aliphatic heterocycles. The quantitative estimate of drug-likeness (QED) is 0.368. The first-order valence-corrected chi connectivity index (χ1v) is 9.03. The highest BCUT2D eigenvalue weighted by Crippen LogP contribution is 2.19. The molecule has 6 heteroatoms. The van der Waals surface area contributed by atoms with E-state index in [1.165, 1.54) is 0 Å². The Morgan fingerprint density at radius 1 is 0.679 bits per heavy atom. The van der Waals surface area contributed by atoms with E-state index in [2.05, 4.69) is 0 Å². The first-order valence-electron chi connectivity index (χ1n) is 9.03. The second-order valence-electron chi connectivity index (χ2n) is 6.08. The zero-order valence-corrected chi connectivity index (χ0v) is 15.4. The molecule has 0 saturated heterocycles. The Hall–Kier alpha value is -3.64. The van der Waals surface area contributed by atoms with Gasteiger partial charge in [0.25, 0.3) is 0 Å². The maximum atomic E-state index is 11.9. The van der Waals surface area contributed by atoms with Gasteiger partial charge in [-0.1, -0.05) is 37.1 Å². The van der Waals surface area contributed by atoms with Gasteiger partial charge in [0.1, 0.15) is 23.6 Å². The number of rotatable bonds is 9. The number of hydrogen-bond donors (Lipinski definition) is 0. The Balaban J connectivity index is 1.61. The molecule has 0 aromatic heterocycles. The lowest BCUT2D eigenvalue weighted by molar-refractivity contribution is -0.135. The molecule has 0 radical (unpaired) electrons. The largest absolute Gasteiger partial charge is 0.425 e. The summed E-state index contributed by atoms with van der Waals surface area (Å²) >= 11 is 0. The monoisotopic (exact) mass is 376 g/mol. The summed E-state index contributed by atoms with van der Waals surface area (Å²) in [6.07, 6.45) is 3.33. The van der Waals surface area contributed by atoms with Gasteiger partial charge in [-0.15, -0.1) is 0 Å². The van der Waals surface area contributed by atoms with Crippen molar-refractivity contribution in [2.45, 2.75) is 38.5 Å². The molecule has 0 unspecified atom stereocenters. The number of para-hydroxylation sites is 2. The summed E-state index contributed by atoms with van der Waals surface area (Å²) in [6, 6.07) is 17.2. The lowest BCUT2D eigenvalue weighted by Crippen LogP contribution is -2.09. The molecule has 0 amide bonds. The molecule has 2 rings (SSSR count). The minimum Gasteiger partial charge on any atom is -0.425 e. The fourth-order valence-corrected chi connectivity index (χ4v) is 2.54. The predicted octanol–water partition coefficient (Wildman–Crippen LogP) is 4.28. The van der Waals surface area contributed by atoms with Crippen molar-refractivity contribution in [1.29, 1.82) is 10.5 Å². The van der Waals surface area contributed by atoms with Crippen LogP contribution in [0.1, 0.15) is 49.7 Å². The molecule has 0 fully saturated rings. The van der Waals surface area contributed by atoms with Crippen molar-refractivity contribution in [2.24, 2.45) is 0 Å². The van der Waals surface area contributed by atoms with Crippen molar-refractivity contribution in [2.75, 3.05) is 0 Å². The molecular formula is C22H20N2O4. The van der Waals surface area contributed by atoms with E-state index in [-0.39, 0.29) is 36.3 Å². The Morgan fingerprint density at radius 2 is 1.07 bits per heavy atom. The van der Waals surface area contributed by atoms with Gasteiger partial charge in [-0.25, -0.2) is 0 Å². The SMILES string of the molecule is N#Cc1ccccc1OC(=O)CCCCCCC(=O)Oc1ccccc1C#N. The van der Waals surface area contributed by atoms with Gasteiger partial charge in [-0.2, -0.15) is 10.5 Å². The Morgan fingerprint density at radius 3 is 1.46 bits per heavy atom. The second kappa shape index (κ2) is 11.2. The van der Waals surface area contributed by atoms with Crippen LogP contribution in [0.4, 0.5) is 0 Å². The van der Waals surface area contributed by atoms with E-state index in [0.717, 1.165) is 12.8 Å². The molecule has 0 spiro atoms. The third-order valence-electron chi connectivity index (χ3n) is 3.97. The standard InChI is InChI=1S/C22H20N2O4/c23-15-17-9-5-7-11-19(17)27-21(25)13-3-1-2-4-14-22(26)28-20-12-8-6-10-18(20)16-24/h5-12H,1-4,13-14H2. The highest BCUT2D eigenvalue weighted by Gasteiger charge is 2.10. The van der Waals surface area contributed by atoms with Gasteiger partial charge in [0.05, 0.1) is 11.1 Å². The average Bonchev–Trinajstić information content (AvgIpc) is 2.71.